The van der Waals surface area contributed by atoms with Gasteiger partial charge in [0, 0.05) is 31.3 Å². The zero-order valence-corrected chi connectivity index (χ0v) is 15.0. The molecule has 8 heteroatoms. The summed E-state index contributed by atoms with van der Waals surface area (Å²) < 4.78 is 41.8. The molecule has 0 aromatic heterocycles. The average Bonchev–Trinajstić information content (AvgIpc) is 2.99. The van der Waals surface area contributed by atoms with E-state index in [1.165, 1.54) is 42.5 Å². The van der Waals surface area contributed by atoms with E-state index < -0.39 is 21.7 Å². The van der Waals surface area contributed by atoms with Gasteiger partial charge in [0.1, 0.15) is 11.7 Å². The van der Waals surface area contributed by atoms with E-state index in [0.717, 1.165) is 19.0 Å². The van der Waals surface area contributed by atoms with Crippen LogP contribution in [0.2, 0.25) is 0 Å². The Morgan fingerprint density at radius 3 is 2.54 bits per heavy atom. The molecule has 2 aromatic rings. The van der Waals surface area contributed by atoms with Crippen LogP contribution in [0.25, 0.3) is 0 Å². The summed E-state index contributed by atoms with van der Waals surface area (Å²) in [6.45, 7) is 0.791. The number of hydrogen-bond donors (Lipinski definition) is 1. The van der Waals surface area contributed by atoms with Crippen LogP contribution < -0.4 is 5.32 Å². The van der Waals surface area contributed by atoms with Crippen molar-refractivity contribution < 1.29 is 17.6 Å². The number of anilines is 1. The van der Waals surface area contributed by atoms with E-state index >= 15 is 0 Å². The Hall–Kier alpha value is -2.74. The van der Waals surface area contributed by atoms with Gasteiger partial charge in [0.15, 0.2) is 0 Å². The Morgan fingerprint density at radius 1 is 1.19 bits per heavy atom. The summed E-state index contributed by atoms with van der Waals surface area (Å²) in [5.74, 6) is -0.434. The second-order valence-corrected chi connectivity index (χ2v) is 7.60. The third kappa shape index (κ3) is 4.08. The smallest absolute Gasteiger partial charge is 0.283 e. The summed E-state index contributed by atoms with van der Waals surface area (Å²) in [7, 11) is -1.98. The molecule has 0 saturated carbocycles. The number of nitrogens with one attached hydrogen (secondary N) is 1. The molecule has 6 nitrogen and oxygen atoms in total. The van der Waals surface area contributed by atoms with Gasteiger partial charge < -0.3 is 10.2 Å². The van der Waals surface area contributed by atoms with Crippen molar-refractivity contribution in [2.45, 2.75) is 17.7 Å². The lowest BCUT2D eigenvalue weighted by Gasteiger charge is -2.11. The van der Waals surface area contributed by atoms with Crippen molar-refractivity contribution in [3.63, 3.8) is 0 Å². The first-order chi connectivity index (χ1) is 12.3. The molecule has 0 radical (unpaired) electrons. The van der Waals surface area contributed by atoms with Crippen molar-refractivity contribution in [1.29, 1.82) is 0 Å². The van der Waals surface area contributed by atoms with Crippen LogP contribution in [-0.4, -0.2) is 38.7 Å². The molecule has 1 N–H and O–H groups in total. The first-order valence-corrected chi connectivity index (χ1v) is 9.51. The molecule has 0 aliphatic carbocycles. The lowest BCUT2D eigenvalue weighted by atomic mass is 10.2. The van der Waals surface area contributed by atoms with Gasteiger partial charge in [-0.3, -0.25) is 4.79 Å². The fourth-order valence-corrected chi connectivity index (χ4v) is 3.74. The number of carbonyl (C=O) groups excluding carboxylic acids is 1. The average molecular weight is 375 g/mol. The molecule has 1 saturated heterocycles. The van der Waals surface area contributed by atoms with Gasteiger partial charge in [-0.15, -0.1) is 4.40 Å². The summed E-state index contributed by atoms with van der Waals surface area (Å²) in [4.78, 5) is 14.0. The maximum Gasteiger partial charge on any atom is 0.283 e. The molecule has 1 heterocycles. The number of halogens is 1. The summed E-state index contributed by atoms with van der Waals surface area (Å²) in [6, 6.07) is 11.0. The SMILES string of the molecule is CN1CCC/C1=N\S(=O)(=O)c1ccc(NC(=O)c2cccc(F)c2)cc1. The number of amides is 1. The van der Waals surface area contributed by atoms with E-state index in [1.54, 1.807) is 0 Å². The lowest BCUT2D eigenvalue weighted by molar-refractivity contribution is 0.102. The molecule has 136 valence electrons. The molecule has 1 aliphatic rings. The van der Waals surface area contributed by atoms with Crippen LogP contribution in [0.15, 0.2) is 57.8 Å². The molecule has 26 heavy (non-hydrogen) atoms. The van der Waals surface area contributed by atoms with E-state index in [-0.39, 0.29) is 10.5 Å². The summed E-state index contributed by atoms with van der Waals surface area (Å²) in [6.07, 6.45) is 1.52. The lowest BCUT2D eigenvalue weighted by Crippen LogP contribution is -2.20. The first kappa shape index (κ1) is 18.1. The van der Waals surface area contributed by atoms with Crippen molar-refractivity contribution >= 4 is 27.5 Å². The normalized spacial score (nSPS) is 16.1. The highest BCUT2D eigenvalue weighted by atomic mass is 32.2. The predicted molar refractivity (Wildman–Crippen MR) is 97.3 cm³/mol. The van der Waals surface area contributed by atoms with Crippen molar-refractivity contribution in [2.24, 2.45) is 4.40 Å². The molecular weight excluding hydrogens is 357 g/mol. The molecule has 0 spiro atoms. The molecule has 1 amide bonds. The van der Waals surface area contributed by atoms with E-state index in [4.69, 9.17) is 0 Å². The minimum absolute atomic E-state index is 0.0501. The van der Waals surface area contributed by atoms with Crippen LogP contribution >= 0.6 is 0 Å². The highest BCUT2D eigenvalue weighted by molar-refractivity contribution is 7.90. The topological polar surface area (TPSA) is 78.8 Å². The van der Waals surface area contributed by atoms with Crippen LogP contribution in [0.3, 0.4) is 0 Å². The van der Waals surface area contributed by atoms with Crippen molar-refractivity contribution in [3.05, 3.63) is 59.9 Å². The number of benzene rings is 2. The van der Waals surface area contributed by atoms with E-state index in [2.05, 4.69) is 9.71 Å². The monoisotopic (exact) mass is 375 g/mol. The van der Waals surface area contributed by atoms with Crippen LogP contribution in [-0.2, 0) is 10.0 Å². The highest BCUT2D eigenvalue weighted by Crippen LogP contribution is 2.19. The van der Waals surface area contributed by atoms with E-state index in [0.29, 0.717) is 17.9 Å². The number of hydrogen-bond acceptors (Lipinski definition) is 3. The minimum Gasteiger partial charge on any atom is -0.362 e. The van der Waals surface area contributed by atoms with Crippen LogP contribution in [0, 0.1) is 5.82 Å². The zero-order valence-electron chi connectivity index (χ0n) is 14.1. The van der Waals surface area contributed by atoms with E-state index in [1.807, 2.05) is 11.9 Å². The minimum atomic E-state index is -3.80. The van der Waals surface area contributed by atoms with Crippen LogP contribution in [0.4, 0.5) is 10.1 Å². The third-order valence-electron chi connectivity index (χ3n) is 4.06. The standard InChI is InChI=1S/C18H18FN3O3S/c1-22-11-3-6-17(22)21-26(24,25)16-9-7-15(8-10-16)20-18(23)13-4-2-5-14(19)12-13/h2,4-5,7-10,12H,3,6,11H2,1H3,(H,20,23)/b21-17+. The number of nitrogens with zero attached hydrogens (tertiary/aromatic N) is 2. The number of rotatable bonds is 4. The van der Waals surface area contributed by atoms with Gasteiger partial charge in [0.25, 0.3) is 15.9 Å². The Morgan fingerprint density at radius 2 is 1.92 bits per heavy atom. The van der Waals surface area contributed by atoms with Gasteiger partial charge in [0.05, 0.1) is 4.90 Å². The number of carbonyl (C=O) groups is 1. The third-order valence-corrected chi connectivity index (χ3v) is 5.38. The van der Waals surface area contributed by atoms with Crippen LogP contribution in [0.5, 0.6) is 0 Å². The molecule has 0 bridgehead atoms. The fourth-order valence-electron chi connectivity index (χ4n) is 2.64. The Labute approximate surface area is 151 Å². The second-order valence-electron chi connectivity index (χ2n) is 6.00. The molecule has 0 unspecified atom stereocenters. The number of amidine groups is 1. The van der Waals surface area contributed by atoms with Gasteiger partial charge in [-0.05, 0) is 48.9 Å². The Bertz CT molecular complexity index is 956. The molecule has 1 fully saturated rings. The molecular formula is C18H18FN3O3S. The number of likely N-dealkylation sites (tertiary alicyclic amines) is 1. The molecule has 3 rings (SSSR count). The van der Waals surface area contributed by atoms with Crippen LogP contribution in [0.1, 0.15) is 23.2 Å². The van der Waals surface area contributed by atoms with Gasteiger partial charge >= 0.3 is 0 Å². The van der Waals surface area contributed by atoms with Gasteiger partial charge in [0.2, 0.25) is 0 Å². The summed E-state index contributed by atoms with van der Waals surface area (Å²) in [5.41, 5.74) is 0.584. The zero-order chi connectivity index (χ0) is 18.7. The van der Waals surface area contributed by atoms with Crippen molar-refractivity contribution in [2.75, 3.05) is 18.9 Å². The maximum absolute atomic E-state index is 13.2. The van der Waals surface area contributed by atoms with Crippen molar-refractivity contribution in [3.8, 4) is 0 Å². The molecule has 2 aromatic carbocycles. The summed E-state index contributed by atoms with van der Waals surface area (Å²) in [5, 5.41) is 2.60. The quantitative estimate of drug-likeness (QED) is 0.891. The van der Waals surface area contributed by atoms with E-state index in [9.17, 15) is 17.6 Å². The van der Waals surface area contributed by atoms with Gasteiger partial charge in [-0.25, -0.2) is 4.39 Å². The summed E-state index contributed by atoms with van der Waals surface area (Å²) >= 11 is 0. The first-order valence-electron chi connectivity index (χ1n) is 8.07. The Balaban J connectivity index is 1.75. The largest absolute Gasteiger partial charge is 0.362 e. The Kier molecular flexibility index (Phi) is 5.03. The molecule has 1 aliphatic heterocycles. The second kappa shape index (κ2) is 7.25. The highest BCUT2D eigenvalue weighted by Gasteiger charge is 2.20. The van der Waals surface area contributed by atoms with Gasteiger partial charge in [-0.2, -0.15) is 8.42 Å². The fraction of sp³-hybridized carbons (Fsp3) is 0.222. The van der Waals surface area contributed by atoms with Gasteiger partial charge in [-0.1, -0.05) is 6.07 Å². The van der Waals surface area contributed by atoms with Crippen molar-refractivity contribution in [1.82, 2.24) is 4.90 Å². The maximum atomic E-state index is 13.2. The number of sulfonamides is 1. The predicted octanol–water partition coefficient (Wildman–Crippen LogP) is 2.89. The molecule has 0 atom stereocenters.